The van der Waals surface area contributed by atoms with Crippen LogP contribution in [-0.2, 0) is 0 Å². The summed E-state index contributed by atoms with van der Waals surface area (Å²) in [5.74, 6) is 0.581. The van der Waals surface area contributed by atoms with E-state index in [-0.39, 0.29) is 5.91 Å². The van der Waals surface area contributed by atoms with Crippen molar-refractivity contribution in [2.45, 2.75) is 13.3 Å². The van der Waals surface area contributed by atoms with Crippen molar-refractivity contribution in [2.24, 2.45) is 11.7 Å². The van der Waals surface area contributed by atoms with Gasteiger partial charge in [0.2, 0.25) is 0 Å². The summed E-state index contributed by atoms with van der Waals surface area (Å²) in [7, 11) is 0. The van der Waals surface area contributed by atoms with Gasteiger partial charge in [0.1, 0.15) is 0 Å². The van der Waals surface area contributed by atoms with Crippen LogP contribution in [0.2, 0.25) is 0 Å². The van der Waals surface area contributed by atoms with E-state index in [1.54, 1.807) is 0 Å². The Bertz CT molecular complexity index is 413. The number of benzene rings is 1. The van der Waals surface area contributed by atoms with E-state index >= 15 is 0 Å². The van der Waals surface area contributed by atoms with Crippen LogP contribution in [0.1, 0.15) is 22.3 Å². The summed E-state index contributed by atoms with van der Waals surface area (Å²) < 4.78 is 0.954. The van der Waals surface area contributed by atoms with E-state index in [2.05, 4.69) is 15.9 Å². The normalized spacial score (nSPS) is 19.7. The van der Waals surface area contributed by atoms with Crippen molar-refractivity contribution < 1.29 is 4.79 Å². The largest absolute Gasteiger partial charge is 0.338 e. The smallest absolute Gasteiger partial charge is 0.253 e. The number of hydrogen-bond donors (Lipinski definition) is 1. The third-order valence-corrected chi connectivity index (χ3v) is 3.65. The predicted molar refractivity (Wildman–Crippen MR) is 71.9 cm³/mol. The molecular weight excluding hydrogens is 280 g/mol. The number of carbonyl (C=O) groups is 1. The number of nitrogens with zero attached hydrogens (tertiary/aromatic N) is 1. The molecule has 3 nitrogen and oxygen atoms in total. The summed E-state index contributed by atoms with van der Waals surface area (Å²) in [5.41, 5.74) is 7.49. The van der Waals surface area contributed by atoms with Crippen LogP contribution < -0.4 is 5.73 Å². The Labute approximate surface area is 110 Å². The Morgan fingerprint density at radius 2 is 2.29 bits per heavy atom. The van der Waals surface area contributed by atoms with Crippen LogP contribution in [0.3, 0.4) is 0 Å². The number of amides is 1. The first kappa shape index (κ1) is 12.6. The van der Waals surface area contributed by atoms with Gasteiger partial charge >= 0.3 is 0 Å². The lowest BCUT2D eigenvalue weighted by molar-refractivity contribution is 0.0787. The van der Waals surface area contributed by atoms with E-state index in [9.17, 15) is 4.79 Å². The van der Waals surface area contributed by atoms with E-state index < -0.39 is 0 Å². The number of carbonyl (C=O) groups excluding carboxylic acids is 1. The molecule has 1 heterocycles. The highest BCUT2D eigenvalue weighted by molar-refractivity contribution is 9.10. The number of nitrogens with two attached hydrogens (primary N) is 1. The highest BCUT2D eigenvalue weighted by Gasteiger charge is 2.26. The second-order valence-corrected chi connectivity index (χ2v) is 5.57. The number of hydrogen-bond acceptors (Lipinski definition) is 2. The molecule has 0 bridgehead atoms. The zero-order valence-corrected chi connectivity index (χ0v) is 11.5. The standard InChI is InChI=1S/C13H17BrN2O/c1-9-4-11(6-12(14)5-9)13(17)16-3-2-10(7-15)8-16/h4-6,10H,2-3,7-8,15H2,1H3. The van der Waals surface area contributed by atoms with Crippen molar-refractivity contribution >= 4 is 21.8 Å². The molecule has 0 aromatic heterocycles. The average Bonchev–Trinajstić information content (AvgIpc) is 2.75. The van der Waals surface area contributed by atoms with Gasteiger partial charge in [-0.25, -0.2) is 0 Å². The Kier molecular flexibility index (Phi) is 3.84. The molecule has 92 valence electrons. The second kappa shape index (κ2) is 5.19. The fourth-order valence-corrected chi connectivity index (χ4v) is 2.86. The quantitative estimate of drug-likeness (QED) is 0.909. The molecule has 0 radical (unpaired) electrons. The van der Waals surface area contributed by atoms with Crippen LogP contribution >= 0.6 is 15.9 Å². The summed E-state index contributed by atoms with van der Waals surface area (Å²) in [5, 5.41) is 0. The van der Waals surface area contributed by atoms with Crippen LogP contribution in [0.25, 0.3) is 0 Å². The lowest BCUT2D eigenvalue weighted by atomic mass is 10.1. The van der Waals surface area contributed by atoms with Gasteiger partial charge in [-0.3, -0.25) is 4.79 Å². The minimum atomic E-state index is 0.116. The molecule has 1 atom stereocenters. The highest BCUT2D eigenvalue weighted by Crippen LogP contribution is 2.21. The molecule has 2 N–H and O–H groups in total. The van der Waals surface area contributed by atoms with Crippen molar-refractivity contribution in [3.05, 3.63) is 33.8 Å². The first-order chi connectivity index (χ1) is 8.10. The summed E-state index contributed by atoms with van der Waals surface area (Å²) in [6, 6.07) is 5.82. The Hall–Kier alpha value is -0.870. The minimum Gasteiger partial charge on any atom is -0.338 e. The summed E-state index contributed by atoms with van der Waals surface area (Å²) in [4.78, 5) is 14.2. The second-order valence-electron chi connectivity index (χ2n) is 4.66. The number of aryl methyl sites for hydroxylation is 1. The first-order valence-electron chi connectivity index (χ1n) is 5.86. The van der Waals surface area contributed by atoms with E-state index in [0.717, 1.165) is 35.1 Å². The summed E-state index contributed by atoms with van der Waals surface area (Å²) in [6.07, 6.45) is 1.02. The zero-order valence-electron chi connectivity index (χ0n) is 9.95. The number of rotatable bonds is 2. The number of likely N-dealkylation sites (tertiary alicyclic amines) is 1. The molecule has 1 aliphatic heterocycles. The predicted octanol–water partition coefficient (Wildman–Crippen LogP) is 2.18. The highest BCUT2D eigenvalue weighted by atomic mass is 79.9. The molecule has 17 heavy (non-hydrogen) atoms. The molecule has 2 rings (SSSR count). The monoisotopic (exact) mass is 296 g/mol. The molecule has 0 aliphatic carbocycles. The molecule has 0 spiro atoms. The minimum absolute atomic E-state index is 0.116. The molecule has 0 saturated carbocycles. The Morgan fingerprint density at radius 1 is 1.53 bits per heavy atom. The van der Waals surface area contributed by atoms with Crippen molar-refractivity contribution in [3.63, 3.8) is 0 Å². The third-order valence-electron chi connectivity index (χ3n) is 3.20. The van der Waals surface area contributed by atoms with E-state index in [1.807, 2.05) is 30.0 Å². The van der Waals surface area contributed by atoms with Gasteiger partial charge in [-0.05, 0) is 49.6 Å². The van der Waals surface area contributed by atoms with E-state index in [0.29, 0.717) is 12.5 Å². The van der Waals surface area contributed by atoms with Gasteiger partial charge in [0.05, 0.1) is 0 Å². The molecule has 1 aromatic carbocycles. The van der Waals surface area contributed by atoms with Crippen molar-refractivity contribution in [3.8, 4) is 0 Å². The van der Waals surface area contributed by atoms with Gasteiger partial charge in [-0.1, -0.05) is 15.9 Å². The van der Waals surface area contributed by atoms with Crippen LogP contribution in [0, 0.1) is 12.8 Å². The number of halogens is 1. The van der Waals surface area contributed by atoms with Gasteiger partial charge in [-0.2, -0.15) is 0 Å². The SMILES string of the molecule is Cc1cc(Br)cc(C(=O)N2CCC(CN)C2)c1. The van der Waals surface area contributed by atoms with Gasteiger partial charge in [0.25, 0.3) is 5.91 Å². The van der Waals surface area contributed by atoms with Crippen molar-refractivity contribution in [1.29, 1.82) is 0 Å². The lowest BCUT2D eigenvalue weighted by Crippen LogP contribution is -2.29. The molecular formula is C13H17BrN2O. The van der Waals surface area contributed by atoms with Gasteiger partial charge in [0.15, 0.2) is 0 Å². The molecule has 1 fully saturated rings. The molecule has 4 heteroatoms. The van der Waals surface area contributed by atoms with Gasteiger partial charge in [0, 0.05) is 23.1 Å². The Morgan fingerprint density at radius 3 is 2.88 bits per heavy atom. The van der Waals surface area contributed by atoms with Crippen LogP contribution in [0.15, 0.2) is 22.7 Å². The van der Waals surface area contributed by atoms with Crippen molar-refractivity contribution in [1.82, 2.24) is 4.90 Å². The fraction of sp³-hybridized carbons (Fsp3) is 0.462. The van der Waals surface area contributed by atoms with E-state index in [4.69, 9.17) is 5.73 Å². The topological polar surface area (TPSA) is 46.3 Å². The van der Waals surface area contributed by atoms with Crippen LogP contribution in [-0.4, -0.2) is 30.4 Å². The molecule has 1 saturated heterocycles. The van der Waals surface area contributed by atoms with Gasteiger partial charge < -0.3 is 10.6 Å². The van der Waals surface area contributed by atoms with Crippen LogP contribution in [0.4, 0.5) is 0 Å². The third kappa shape index (κ3) is 2.87. The molecule has 1 aromatic rings. The lowest BCUT2D eigenvalue weighted by Gasteiger charge is -2.16. The van der Waals surface area contributed by atoms with E-state index in [1.165, 1.54) is 0 Å². The maximum Gasteiger partial charge on any atom is 0.253 e. The molecule has 1 amide bonds. The maximum absolute atomic E-state index is 12.3. The average molecular weight is 297 g/mol. The fourth-order valence-electron chi connectivity index (χ4n) is 2.25. The molecule has 1 aliphatic rings. The Balaban J connectivity index is 2.14. The first-order valence-corrected chi connectivity index (χ1v) is 6.66. The summed E-state index contributed by atoms with van der Waals surface area (Å²) >= 11 is 3.42. The summed E-state index contributed by atoms with van der Waals surface area (Å²) in [6.45, 7) is 4.28. The van der Waals surface area contributed by atoms with Gasteiger partial charge in [-0.15, -0.1) is 0 Å². The van der Waals surface area contributed by atoms with Crippen molar-refractivity contribution in [2.75, 3.05) is 19.6 Å². The molecule has 1 unspecified atom stereocenters. The zero-order chi connectivity index (χ0) is 12.4. The maximum atomic E-state index is 12.3. The van der Waals surface area contributed by atoms with Crippen LogP contribution in [0.5, 0.6) is 0 Å².